The van der Waals surface area contributed by atoms with Crippen molar-refractivity contribution in [3.63, 3.8) is 0 Å². The number of nitrogens with zero attached hydrogens (tertiary/aromatic N) is 3. The van der Waals surface area contributed by atoms with Crippen molar-refractivity contribution >= 4 is 50.9 Å². The Morgan fingerprint density at radius 2 is 1.71 bits per heavy atom. The smallest absolute Gasteiger partial charge is 0.338 e. The zero-order valence-corrected chi connectivity index (χ0v) is 24.6. The summed E-state index contributed by atoms with van der Waals surface area (Å²) in [6.07, 6.45) is 3.52. The van der Waals surface area contributed by atoms with Gasteiger partial charge in [-0.2, -0.15) is 0 Å². The quantitative estimate of drug-likeness (QED) is 0.0880. The third kappa shape index (κ3) is 5.98. The Labute approximate surface area is 251 Å². The fourth-order valence-electron chi connectivity index (χ4n) is 5.74. The summed E-state index contributed by atoms with van der Waals surface area (Å²) in [7, 11) is 0. The molecule has 0 radical (unpaired) electrons. The van der Waals surface area contributed by atoms with Gasteiger partial charge in [-0.15, -0.1) is 11.3 Å². The molecule has 0 spiro atoms. The van der Waals surface area contributed by atoms with Gasteiger partial charge in [0.05, 0.1) is 27.3 Å². The molecule has 3 heterocycles. The molecule has 2 saturated heterocycles. The van der Waals surface area contributed by atoms with Crippen molar-refractivity contribution in [3.8, 4) is 5.75 Å². The monoisotopic (exact) mass is 603 g/mol. The van der Waals surface area contributed by atoms with Gasteiger partial charge in [0.1, 0.15) is 11.9 Å². The van der Waals surface area contributed by atoms with Crippen molar-refractivity contribution in [1.82, 2.24) is 9.88 Å². The van der Waals surface area contributed by atoms with Crippen LogP contribution in [0.1, 0.15) is 58.9 Å². The summed E-state index contributed by atoms with van der Waals surface area (Å²) in [6, 6.07) is 19.8. The number of piperidine rings is 1. The van der Waals surface area contributed by atoms with Crippen molar-refractivity contribution in [2.75, 3.05) is 6.61 Å². The number of carbonyl (C=O) groups is 2. The summed E-state index contributed by atoms with van der Waals surface area (Å²) < 4.78 is 12.9. The number of nitro groups is 1. The number of aromatic nitrogens is 1. The zero-order valence-electron chi connectivity index (χ0n) is 22.9. The van der Waals surface area contributed by atoms with E-state index in [0.29, 0.717) is 29.2 Å². The highest BCUT2D eigenvalue weighted by molar-refractivity contribution is 8.00. The molecule has 0 saturated carbocycles. The van der Waals surface area contributed by atoms with E-state index in [0.717, 1.165) is 45.8 Å². The van der Waals surface area contributed by atoms with Gasteiger partial charge < -0.3 is 14.4 Å². The Kier molecular flexibility index (Phi) is 8.12. The van der Waals surface area contributed by atoms with Gasteiger partial charge in [0.15, 0.2) is 4.34 Å². The molecule has 3 atom stereocenters. The average Bonchev–Trinajstić information content (AvgIpc) is 3.53. The van der Waals surface area contributed by atoms with Gasteiger partial charge in [0.25, 0.3) is 11.6 Å². The molecule has 2 aliphatic heterocycles. The maximum absolute atomic E-state index is 13.5. The Hall–Kier alpha value is -3.96. The molecule has 2 aliphatic rings. The molecule has 4 aromatic rings. The van der Waals surface area contributed by atoms with E-state index in [1.54, 1.807) is 55.1 Å². The van der Waals surface area contributed by atoms with Crippen molar-refractivity contribution in [3.05, 3.63) is 93.5 Å². The zero-order chi connectivity index (χ0) is 29.2. The van der Waals surface area contributed by atoms with E-state index in [2.05, 4.69) is 4.98 Å². The van der Waals surface area contributed by atoms with E-state index in [9.17, 15) is 19.7 Å². The van der Waals surface area contributed by atoms with E-state index in [1.807, 2.05) is 29.2 Å². The van der Waals surface area contributed by atoms with Crippen molar-refractivity contribution in [2.24, 2.45) is 0 Å². The minimum Gasteiger partial charge on any atom is -0.490 e. The van der Waals surface area contributed by atoms with Crippen LogP contribution in [0.4, 0.5) is 5.69 Å². The SMILES string of the molecule is CCOC(=O)c1ccc(OC2C[C@H]3CC[C@@H](C2)N3C(=O)c2ccc(CSc3nc4ccc([N+](=O)[O-])cc4s3)cc2)cc1. The second-order valence-corrected chi connectivity index (χ2v) is 12.7. The number of fused-ring (bicyclic) bond motifs is 3. The second-order valence-electron chi connectivity index (χ2n) is 10.4. The number of rotatable bonds is 9. The molecule has 0 N–H and O–H groups in total. The molecule has 2 fully saturated rings. The number of hydrogen-bond donors (Lipinski definition) is 0. The molecule has 3 aromatic carbocycles. The molecule has 1 aromatic heterocycles. The first-order valence-electron chi connectivity index (χ1n) is 13.9. The maximum Gasteiger partial charge on any atom is 0.338 e. The number of hydrogen-bond acceptors (Lipinski definition) is 9. The topological polar surface area (TPSA) is 112 Å². The Balaban J connectivity index is 1.04. The first-order valence-corrected chi connectivity index (χ1v) is 15.7. The summed E-state index contributed by atoms with van der Waals surface area (Å²) >= 11 is 3.02. The number of thiazole rings is 1. The summed E-state index contributed by atoms with van der Waals surface area (Å²) in [5, 5.41) is 11.0. The van der Waals surface area contributed by atoms with Crippen LogP contribution in [0.3, 0.4) is 0 Å². The number of ether oxygens (including phenoxy) is 2. The fourth-order valence-corrected chi connectivity index (χ4v) is 7.79. The van der Waals surface area contributed by atoms with Gasteiger partial charge in [-0.05, 0) is 67.8 Å². The van der Waals surface area contributed by atoms with E-state index in [1.165, 1.54) is 17.4 Å². The van der Waals surface area contributed by atoms with Gasteiger partial charge in [-0.3, -0.25) is 14.9 Å². The molecule has 0 aliphatic carbocycles. The minimum absolute atomic E-state index is 0.0213. The Morgan fingerprint density at radius 1 is 1.02 bits per heavy atom. The molecular formula is C31H29N3O6S2. The third-order valence-corrected chi connectivity index (χ3v) is 9.95. The highest BCUT2D eigenvalue weighted by Crippen LogP contribution is 2.39. The van der Waals surface area contributed by atoms with Gasteiger partial charge >= 0.3 is 5.97 Å². The predicted octanol–water partition coefficient (Wildman–Crippen LogP) is 6.89. The molecule has 1 unspecified atom stereocenters. The lowest BCUT2D eigenvalue weighted by molar-refractivity contribution is -0.384. The van der Waals surface area contributed by atoms with Gasteiger partial charge in [0.2, 0.25) is 0 Å². The lowest BCUT2D eigenvalue weighted by atomic mass is 9.98. The van der Waals surface area contributed by atoms with Crippen LogP contribution in [0.2, 0.25) is 0 Å². The van der Waals surface area contributed by atoms with E-state index in [4.69, 9.17) is 9.47 Å². The molecule has 6 rings (SSSR count). The average molecular weight is 604 g/mol. The molecule has 216 valence electrons. The summed E-state index contributed by atoms with van der Waals surface area (Å²) in [4.78, 5) is 42.7. The first-order chi connectivity index (χ1) is 20.4. The van der Waals surface area contributed by atoms with Gasteiger partial charge in [-0.1, -0.05) is 23.9 Å². The van der Waals surface area contributed by atoms with Crippen LogP contribution in [0, 0.1) is 10.1 Å². The fraction of sp³-hybridized carbons (Fsp3) is 0.323. The van der Waals surface area contributed by atoms with Crippen LogP contribution in [0.5, 0.6) is 5.75 Å². The van der Waals surface area contributed by atoms with Crippen LogP contribution in [-0.2, 0) is 10.5 Å². The van der Waals surface area contributed by atoms with Crippen LogP contribution < -0.4 is 4.74 Å². The van der Waals surface area contributed by atoms with E-state index in [-0.39, 0.29) is 35.8 Å². The number of esters is 1. The largest absolute Gasteiger partial charge is 0.490 e. The summed E-state index contributed by atoms with van der Waals surface area (Å²) in [5.74, 6) is 1.12. The maximum atomic E-state index is 13.5. The molecular weight excluding hydrogens is 574 g/mol. The number of thioether (sulfide) groups is 1. The highest BCUT2D eigenvalue weighted by Gasteiger charge is 2.44. The van der Waals surface area contributed by atoms with Crippen molar-refractivity contribution in [2.45, 2.75) is 60.9 Å². The lowest BCUT2D eigenvalue weighted by Gasteiger charge is -2.39. The number of carbonyl (C=O) groups excluding carboxylic acids is 2. The second kappa shape index (κ2) is 12.1. The van der Waals surface area contributed by atoms with Gasteiger partial charge in [-0.25, -0.2) is 9.78 Å². The summed E-state index contributed by atoms with van der Waals surface area (Å²) in [5.41, 5.74) is 3.08. The van der Waals surface area contributed by atoms with Crippen molar-refractivity contribution < 1.29 is 24.0 Å². The highest BCUT2D eigenvalue weighted by atomic mass is 32.2. The molecule has 11 heteroatoms. The van der Waals surface area contributed by atoms with E-state index >= 15 is 0 Å². The van der Waals surface area contributed by atoms with Crippen LogP contribution in [0.25, 0.3) is 10.2 Å². The predicted molar refractivity (Wildman–Crippen MR) is 161 cm³/mol. The number of amides is 1. The molecule has 42 heavy (non-hydrogen) atoms. The number of nitro benzene ring substituents is 1. The molecule has 9 nitrogen and oxygen atoms in total. The molecule has 1 amide bonds. The lowest BCUT2D eigenvalue weighted by Crippen LogP contribution is -2.49. The normalized spacial score (nSPS) is 19.5. The standard InChI is InChI=1S/C31H29N3O6S2/c1-2-39-30(36)21-7-12-25(13-8-21)40-26-15-22-9-10-23(16-26)33(22)29(35)20-5-3-19(4-6-20)18-41-31-32-27-14-11-24(34(37)38)17-28(27)42-31/h3-8,11-14,17,22-23,26H,2,9-10,15-16,18H2,1H3/t22-,23+,26?. The third-order valence-electron chi connectivity index (χ3n) is 7.72. The first kappa shape index (κ1) is 28.2. The number of non-ortho nitro benzene ring substituents is 1. The van der Waals surface area contributed by atoms with Crippen molar-refractivity contribution in [1.29, 1.82) is 0 Å². The van der Waals surface area contributed by atoms with Crippen LogP contribution >= 0.6 is 23.1 Å². The van der Waals surface area contributed by atoms with E-state index < -0.39 is 4.92 Å². The van der Waals surface area contributed by atoms with Crippen LogP contribution in [0.15, 0.2) is 71.1 Å². The van der Waals surface area contributed by atoms with Crippen LogP contribution in [-0.4, -0.2) is 51.5 Å². The Bertz CT molecular complexity index is 1610. The minimum atomic E-state index is -0.397. The summed E-state index contributed by atoms with van der Waals surface area (Å²) in [6.45, 7) is 2.12. The number of benzene rings is 3. The molecule has 2 bridgehead atoms. The van der Waals surface area contributed by atoms with Gasteiger partial charge in [0, 0.05) is 48.4 Å². The Morgan fingerprint density at radius 3 is 2.38 bits per heavy atom.